The Morgan fingerprint density at radius 2 is 1.93 bits per heavy atom. The number of hydrogen-bond acceptors (Lipinski definition) is 1. The molecule has 0 saturated carbocycles. The van der Waals surface area contributed by atoms with Gasteiger partial charge in [-0.05, 0) is 6.07 Å². The van der Waals surface area contributed by atoms with E-state index >= 15 is 0 Å². The van der Waals surface area contributed by atoms with Crippen molar-refractivity contribution in [3.05, 3.63) is 54.0 Å². The van der Waals surface area contributed by atoms with E-state index in [-0.39, 0.29) is 11.3 Å². The molecule has 75 valence electrons. The molecule has 15 heavy (non-hydrogen) atoms. The van der Waals surface area contributed by atoms with E-state index in [1.54, 1.807) is 0 Å². The number of aromatic nitrogens is 1. The first-order valence-electron chi connectivity index (χ1n) is 4.15. The zero-order valence-electron chi connectivity index (χ0n) is 7.47. The monoisotopic (exact) mass is 208 g/mol. The Kier molecular flexibility index (Phi) is 2.41. The zero-order valence-corrected chi connectivity index (χ0v) is 7.47. The van der Waals surface area contributed by atoms with Gasteiger partial charge in [-0.1, -0.05) is 12.1 Å². The van der Waals surface area contributed by atoms with Gasteiger partial charge in [-0.3, -0.25) is 4.98 Å². The molecule has 1 aromatic carbocycles. The van der Waals surface area contributed by atoms with Crippen LogP contribution in [-0.2, 0) is 0 Å². The summed E-state index contributed by atoms with van der Waals surface area (Å²) in [7, 11) is 0. The Bertz CT molecular complexity index is 497. The predicted molar refractivity (Wildman–Crippen MR) is 48.4 cm³/mol. The first-order valence-corrected chi connectivity index (χ1v) is 4.15. The number of benzene rings is 1. The van der Waals surface area contributed by atoms with E-state index in [9.17, 15) is 13.2 Å². The van der Waals surface area contributed by atoms with Crippen LogP contribution in [0.2, 0.25) is 0 Å². The largest absolute Gasteiger partial charge is 0.250 e. The summed E-state index contributed by atoms with van der Waals surface area (Å²) in [5, 5.41) is 0. The van der Waals surface area contributed by atoms with Crippen LogP contribution in [-0.4, -0.2) is 4.98 Å². The minimum Gasteiger partial charge on any atom is -0.250 e. The molecule has 0 bridgehead atoms. The van der Waals surface area contributed by atoms with Crippen LogP contribution < -0.4 is 0 Å². The highest BCUT2D eigenvalue weighted by atomic mass is 19.1. The highest BCUT2D eigenvalue weighted by Gasteiger charge is 2.08. The molecule has 4 heteroatoms. The lowest BCUT2D eigenvalue weighted by Gasteiger charge is -2.01. The molecule has 0 N–H and O–H groups in total. The molecule has 0 unspecified atom stereocenters. The molecule has 0 spiro atoms. The summed E-state index contributed by atoms with van der Waals surface area (Å²) in [6.07, 6.45) is 0.882. The molecule has 0 saturated heterocycles. The van der Waals surface area contributed by atoms with Crippen molar-refractivity contribution < 1.29 is 13.2 Å². The molecule has 1 radical (unpaired) electrons. The molecular weight excluding hydrogens is 203 g/mol. The molecular formula is C11H5F3N. The average molecular weight is 208 g/mol. The van der Waals surface area contributed by atoms with E-state index in [4.69, 9.17) is 0 Å². The van der Waals surface area contributed by atoms with Gasteiger partial charge in [0.25, 0.3) is 0 Å². The van der Waals surface area contributed by atoms with Gasteiger partial charge in [0, 0.05) is 17.7 Å². The highest BCUT2D eigenvalue weighted by molar-refractivity contribution is 5.59. The van der Waals surface area contributed by atoms with Gasteiger partial charge in [0.2, 0.25) is 0 Å². The van der Waals surface area contributed by atoms with Gasteiger partial charge in [0.1, 0.15) is 17.3 Å². The van der Waals surface area contributed by atoms with Crippen LogP contribution in [0.25, 0.3) is 11.3 Å². The van der Waals surface area contributed by atoms with Crippen molar-refractivity contribution in [3.8, 4) is 11.3 Å². The number of hydrogen-bond donors (Lipinski definition) is 0. The highest BCUT2D eigenvalue weighted by Crippen LogP contribution is 2.20. The van der Waals surface area contributed by atoms with Crippen molar-refractivity contribution in [1.82, 2.24) is 4.98 Å². The summed E-state index contributed by atoms with van der Waals surface area (Å²) in [5.74, 6) is -2.20. The number of rotatable bonds is 1. The van der Waals surface area contributed by atoms with Crippen LogP contribution in [0.15, 0.2) is 30.5 Å². The zero-order chi connectivity index (χ0) is 10.8. The van der Waals surface area contributed by atoms with Crippen LogP contribution >= 0.6 is 0 Å². The lowest BCUT2D eigenvalue weighted by molar-refractivity contribution is 0.576. The van der Waals surface area contributed by atoms with Gasteiger partial charge in [0.05, 0.1) is 6.20 Å². The van der Waals surface area contributed by atoms with E-state index in [1.807, 2.05) is 0 Å². The molecule has 1 aromatic heterocycles. The SMILES string of the molecule is Fc1[c]ccc(-c2ncc(F)cc2F)c1. The summed E-state index contributed by atoms with van der Waals surface area (Å²) in [6, 6.07) is 6.84. The standard InChI is InChI=1S/C11H5F3N/c12-8-3-1-2-7(4-8)11-10(14)5-9(13)6-15-11/h1-2,4-6H. The molecule has 0 aliphatic heterocycles. The van der Waals surface area contributed by atoms with Gasteiger partial charge in [0.15, 0.2) is 5.82 Å². The van der Waals surface area contributed by atoms with E-state index in [0.29, 0.717) is 6.07 Å². The van der Waals surface area contributed by atoms with Crippen LogP contribution in [0.4, 0.5) is 13.2 Å². The molecule has 0 fully saturated rings. The molecule has 2 aromatic rings. The maximum absolute atomic E-state index is 13.2. The van der Waals surface area contributed by atoms with E-state index in [1.165, 1.54) is 12.1 Å². The molecule has 0 amide bonds. The summed E-state index contributed by atoms with van der Waals surface area (Å²) in [5.41, 5.74) is 0.174. The average Bonchev–Trinajstić information content (AvgIpc) is 2.17. The maximum Gasteiger partial charge on any atom is 0.152 e. The van der Waals surface area contributed by atoms with E-state index in [0.717, 1.165) is 12.3 Å². The fourth-order valence-corrected chi connectivity index (χ4v) is 1.21. The summed E-state index contributed by atoms with van der Waals surface area (Å²) in [6.45, 7) is 0. The molecule has 0 aliphatic rings. The Labute approximate surface area is 84.2 Å². The first-order chi connectivity index (χ1) is 7.16. The maximum atomic E-state index is 13.2. The van der Waals surface area contributed by atoms with Crippen molar-refractivity contribution >= 4 is 0 Å². The van der Waals surface area contributed by atoms with Crippen molar-refractivity contribution in [1.29, 1.82) is 0 Å². The van der Waals surface area contributed by atoms with Gasteiger partial charge >= 0.3 is 0 Å². The van der Waals surface area contributed by atoms with Gasteiger partial charge < -0.3 is 0 Å². The third kappa shape index (κ3) is 1.98. The van der Waals surface area contributed by atoms with Crippen molar-refractivity contribution in [3.63, 3.8) is 0 Å². The van der Waals surface area contributed by atoms with Crippen molar-refractivity contribution in [2.75, 3.05) is 0 Å². The minimum atomic E-state index is -0.819. The second kappa shape index (κ2) is 3.73. The normalized spacial score (nSPS) is 10.3. The topological polar surface area (TPSA) is 12.9 Å². The number of pyridine rings is 1. The third-order valence-corrected chi connectivity index (χ3v) is 1.85. The summed E-state index contributed by atoms with van der Waals surface area (Å²) >= 11 is 0. The van der Waals surface area contributed by atoms with Gasteiger partial charge in [-0.15, -0.1) is 0 Å². The minimum absolute atomic E-state index is 0.0794. The Hall–Kier alpha value is -1.84. The van der Waals surface area contributed by atoms with Gasteiger partial charge in [-0.2, -0.15) is 0 Å². The predicted octanol–water partition coefficient (Wildman–Crippen LogP) is 2.97. The molecule has 1 nitrogen and oxygen atoms in total. The third-order valence-electron chi connectivity index (χ3n) is 1.85. The number of nitrogens with zero attached hydrogens (tertiary/aromatic N) is 1. The van der Waals surface area contributed by atoms with Crippen LogP contribution in [0, 0.1) is 23.5 Å². The Balaban J connectivity index is 2.54. The smallest absolute Gasteiger partial charge is 0.152 e. The lowest BCUT2D eigenvalue weighted by atomic mass is 10.1. The van der Waals surface area contributed by atoms with Crippen LogP contribution in [0.1, 0.15) is 0 Å². The molecule has 0 atom stereocenters. The van der Waals surface area contributed by atoms with Crippen LogP contribution in [0.5, 0.6) is 0 Å². The Morgan fingerprint density at radius 1 is 1.13 bits per heavy atom. The van der Waals surface area contributed by atoms with Crippen molar-refractivity contribution in [2.45, 2.75) is 0 Å². The quantitative estimate of drug-likeness (QED) is 0.702. The Morgan fingerprint density at radius 3 is 2.60 bits per heavy atom. The summed E-state index contributed by atoms with van der Waals surface area (Å²) in [4.78, 5) is 3.56. The van der Waals surface area contributed by atoms with Crippen LogP contribution in [0.3, 0.4) is 0 Å². The second-order valence-electron chi connectivity index (χ2n) is 2.91. The van der Waals surface area contributed by atoms with Gasteiger partial charge in [-0.25, -0.2) is 13.2 Å². The van der Waals surface area contributed by atoms with E-state index in [2.05, 4.69) is 11.1 Å². The van der Waals surface area contributed by atoms with E-state index < -0.39 is 17.5 Å². The lowest BCUT2D eigenvalue weighted by Crippen LogP contribution is -1.91. The fourth-order valence-electron chi connectivity index (χ4n) is 1.21. The van der Waals surface area contributed by atoms with Crippen molar-refractivity contribution in [2.24, 2.45) is 0 Å². The fraction of sp³-hybridized carbons (Fsp3) is 0. The molecule has 0 aliphatic carbocycles. The second-order valence-corrected chi connectivity index (χ2v) is 2.91. The molecule has 1 heterocycles. The summed E-state index contributed by atoms with van der Waals surface area (Å²) < 4.78 is 38.6. The molecule has 2 rings (SSSR count). The number of halogens is 3. The first kappa shape index (κ1) is 9.71.